The van der Waals surface area contributed by atoms with E-state index in [1.54, 1.807) is 6.20 Å². The van der Waals surface area contributed by atoms with E-state index in [0.29, 0.717) is 28.5 Å². The van der Waals surface area contributed by atoms with Crippen LogP contribution >= 0.6 is 0 Å². The smallest absolute Gasteiger partial charge is 0.361 e. The van der Waals surface area contributed by atoms with E-state index >= 15 is 0 Å². The van der Waals surface area contributed by atoms with Gasteiger partial charge in [0, 0.05) is 39.4 Å². The second-order valence-electron chi connectivity index (χ2n) is 10.2. The third-order valence-electron chi connectivity index (χ3n) is 8.01. The lowest BCUT2D eigenvalue weighted by molar-refractivity contribution is -0.137. The molecule has 3 aliphatic rings. The minimum Gasteiger partial charge on any atom is -0.361 e. The van der Waals surface area contributed by atoms with Crippen molar-refractivity contribution in [1.29, 1.82) is 0 Å². The number of hydrogen-bond donors (Lipinski definition) is 1. The molecule has 1 aromatic heterocycles. The van der Waals surface area contributed by atoms with Crippen molar-refractivity contribution in [2.24, 2.45) is 11.3 Å². The van der Waals surface area contributed by atoms with Gasteiger partial charge in [-0.2, -0.15) is 26.3 Å². The Balaban J connectivity index is 0.00000130. The van der Waals surface area contributed by atoms with Crippen molar-refractivity contribution in [3.63, 3.8) is 0 Å². The van der Waals surface area contributed by atoms with Crippen molar-refractivity contribution < 1.29 is 31.8 Å². The minimum atomic E-state index is -5.11. The molecule has 208 valence electrons. The molecule has 0 unspecified atom stereocenters. The van der Waals surface area contributed by atoms with Gasteiger partial charge >= 0.3 is 11.4 Å². The van der Waals surface area contributed by atoms with Crippen LogP contribution in [-0.2, 0) is 29.3 Å². The molecule has 2 aromatic rings. The molecule has 2 fully saturated rings. The van der Waals surface area contributed by atoms with E-state index in [4.69, 9.17) is 0 Å². The number of sulfonamides is 1. The van der Waals surface area contributed by atoms with Crippen LogP contribution in [0.2, 0.25) is 0 Å². The van der Waals surface area contributed by atoms with Gasteiger partial charge in [-0.1, -0.05) is 13.8 Å². The van der Waals surface area contributed by atoms with Crippen molar-refractivity contribution in [3.8, 4) is 0 Å². The number of hydrogen-bond acceptors (Lipinski definition) is 4. The largest absolute Gasteiger partial charge is 0.416 e. The average molecular weight is 551 g/mol. The third-order valence-corrected chi connectivity index (χ3v) is 9.87. The van der Waals surface area contributed by atoms with E-state index in [1.807, 2.05) is 18.7 Å². The molecule has 1 atom stereocenters. The highest BCUT2D eigenvalue weighted by Gasteiger charge is 2.55. The summed E-state index contributed by atoms with van der Waals surface area (Å²) in [6.45, 7) is 3.78. The van der Waals surface area contributed by atoms with Crippen LogP contribution in [0.3, 0.4) is 0 Å². The molecule has 2 heterocycles. The van der Waals surface area contributed by atoms with Gasteiger partial charge in [0.2, 0.25) is 0 Å². The van der Waals surface area contributed by atoms with Gasteiger partial charge < -0.3 is 9.88 Å². The molecule has 2 saturated carbocycles. The highest BCUT2D eigenvalue weighted by Crippen LogP contribution is 2.58. The number of aromatic nitrogens is 2. The summed E-state index contributed by atoms with van der Waals surface area (Å²) in [5.41, 5.74) is -0.0667. The van der Waals surface area contributed by atoms with Gasteiger partial charge in [-0.3, -0.25) is 0 Å². The molecular weight excluding hydrogens is 515 g/mol. The zero-order chi connectivity index (χ0) is 27.2. The number of benzene rings is 1. The van der Waals surface area contributed by atoms with Crippen molar-refractivity contribution in [2.75, 3.05) is 11.4 Å². The lowest BCUT2D eigenvalue weighted by atomic mass is 9.76. The second-order valence-corrected chi connectivity index (χ2v) is 12.4. The van der Waals surface area contributed by atoms with E-state index in [2.05, 4.69) is 9.97 Å². The van der Waals surface area contributed by atoms with Crippen LogP contribution in [-0.4, -0.2) is 40.5 Å². The van der Waals surface area contributed by atoms with Crippen LogP contribution in [0.15, 0.2) is 30.7 Å². The molecule has 1 N–H and O–H groups in total. The lowest BCUT2D eigenvalue weighted by Crippen LogP contribution is -2.53. The monoisotopic (exact) mass is 550 g/mol. The molecule has 12 heteroatoms. The predicted molar refractivity (Wildman–Crippen MR) is 132 cm³/mol. The van der Waals surface area contributed by atoms with Gasteiger partial charge in [0.05, 0.1) is 24.1 Å². The van der Waals surface area contributed by atoms with Crippen LogP contribution in [0.4, 0.5) is 27.6 Å². The summed E-state index contributed by atoms with van der Waals surface area (Å²) in [5.74, 6) is 0.497. The molecule has 37 heavy (non-hydrogen) atoms. The number of imidazole rings is 1. The first-order valence-corrected chi connectivity index (χ1v) is 14.1. The van der Waals surface area contributed by atoms with Crippen molar-refractivity contribution in [2.45, 2.75) is 83.4 Å². The van der Waals surface area contributed by atoms with Crippen LogP contribution in [0.1, 0.15) is 71.1 Å². The number of halogens is 5. The lowest BCUT2D eigenvalue weighted by Gasteiger charge is -2.45. The Kier molecular flexibility index (Phi) is 7.39. The van der Waals surface area contributed by atoms with E-state index in [0.717, 1.165) is 44.2 Å². The Bertz CT molecular complexity index is 1190. The minimum absolute atomic E-state index is 0. The van der Waals surface area contributed by atoms with E-state index < -0.39 is 39.6 Å². The van der Waals surface area contributed by atoms with Gasteiger partial charge in [-0.25, -0.2) is 13.4 Å². The molecule has 6 nitrogen and oxygen atoms in total. The number of nitrogens with one attached hydrogen (secondary N) is 1. The molecule has 2 bridgehead atoms. The molecule has 1 aliphatic heterocycles. The first-order chi connectivity index (χ1) is 17.3. The average Bonchev–Trinajstić information content (AvgIpc) is 3.57. The Morgan fingerprint density at radius 2 is 1.84 bits per heavy atom. The van der Waals surface area contributed by atoms with Crippen LogP contribution in [0, 0.1) is 11.3 Å². The Morgan fingerprint density at radius 1 is 1.16 bits per heavy atom. The third kappa shape index (κ3) is 5.10. The maximum atomic E-state index is 14.3. The number of anilines is 1. The van der Waals surface area contributed by atoms with Gasteiger partial charge in [0.1, 0.15) is 0 Å². The zero-order valence-corrected chi connectivity index (χ0v) is 22.0. The first kappa shape index (κ1) is 27.8. The van der Waals surface area contributed by atoms with Gasteiger partial charge in [0.25, 0.3) is 10.0 Å². The van der Waals surface area contributed by atoms with E-state index in [-0.39, 0.29) is 25.5 Å². The molecule has 0 spiro atoms. The van der Waals surface area contributed by atoms with Crippen LogP contribution in [0.25, 0.3) is 0 Å². The highest BCUT2D eigenvalue weighted by molar-refractivity contribution is 7.90. The standard InChI is InChI=1S/C23H27F5N4O2S.C2H6.H2/c1-21(24,25)35(33,34)31-11-16-8-17(23(26,27)28)2-3-19(16)32(12-18-10-29-14-30-18)20(13-31)22-6-4-15(9-22)5-7-22;1-2;/h2-3,8,10,14-15,20H,4-7,9,11-13H2,1H3,(H,29,30);1-2H3;1H/t15?,20-,22?;;/m0../s1. The molecule has 5 rings (SSSR count). The fourth-order valence-corrected chi connectivity index (χ4v) is 7.37. The number of nitrogens with zero attached hydrogens (tertiary/aromatic N) is 3. The second kappa shape index (κ2) is 9.83. The number of alkyl halides is 5. The molecule has 1 aromatic carbocycles. The van der Waals surface area contributed by atoms with Crippen LogP contribution < -0.4 is 4.90 Å². The highest BCUT2D eigenvalue weighted by atomic mass is 32.2. The maximum Gasteiger partial charge on any atom is 0.416 e. The van der Waals surface area contributed by atoms with Crippen molar-refractivity contribution >= 4 is 15.7 Å². The fourth-order valence-electron chi connectivity index (χ4n) is 6.27. The van der Waals surface area contributed by atoms with Crippen LogP contribution in [0.5, 0.6) is 0 Å². The summed E-state index contributed by atoms with van der Waals surface area (Å²) < 4.78 is 95.9. The summed E-state index contributed by atoms with van der Waals surface area (Å²) in [6.07, 6.45) is 2.89. The number of fused-ring (bicyclic) bond motifs is 3. The van der Waals surface area contributed by atoms with E-state index in [9.17, 15) is 30.4 Å². The van der Waals surface area contributed by atoms with Crippen molar-refractivity contribution in [3.05, 3.63) is 47.5 Å². The Morgan fingerprint density at radius 3 is 2.35 bits per heavy atom. The molecule has 2 aliphatic carbocycles. The number of H-pyrrole nitrogens is 1. The predicted octanol–water partition coefficient (Wildman–Crippen LogP) is 6.41. The quantitative estimate of drug-likeness (QED) is 0.437. The fraction of sp³-hybridized carbons (Fsp3) is 0.640. The van der Waals surface area contributed by atoms with Gasteiger partial charge in [-0.15, -0.1) is 0 Å². The zero-order valence-electron chi connectivity index (χ0n) is 21.2. The molecular formula is C25H35F5N4O2S. The topological polar surface area (TPSA) is 69.3 Å². The maximum absolute atomic E-state index is 14.3. The van der Waals surface area contributed by atoms with Gasteiger partial charge in [0.15, 0.2) is 0 Å². The number of aromatic amines is 1. The van der Waals surface area contributed by atoms with Gasteiger partial charge in [-0.05, 0) is 67.2 Å². The Labute approximate surface area is 215 Å². The molecule has 0 radical (unpaired) electrons. The normalized spacial score (nSPS) is 26.4. The molecule has 0 saturated heterocycles. The molecule has 0 amide bonds. The summed E-state index contributed by atoms with van der Waals surface area (Å²) in [5, 5.41) is -4.07. The Hall–Kier alpha value is -2.21. The SMILES string of the molecule is CC.CC(F)(F)S(=O)(=O)N1Cc2cc(C(F)(F)F)ccc2N(Cc2cnc[nH]2)[C@H](C23CCC(CC2)C3)C1.[HH]. The summed E-state index contributed by atoms with van der Waals surface area (Å²) >= 11 is 0. The summed E-state index contributed by atoms with van der Waals surface area (Å²) in [7, 11) is -5.11. The first-order valence-electron chi connectivity index (χ1n) is 12.6. The number of rotatable bonds is 5. The summed E-state index contributed by atoms with van der Waals surface area (Å²) in [4.78, 5) is 8.95. The summed E-state index contributed by atoms with van der Waals surface area (Å²) in [6, 6.07) is 2.73. The van der Waals surface area contributed by atoms with E-state index in [1.165, 1.54) is 12.4 Å². The van der Waals surface area contributed by atoms with Crippen molar-refractivity contribution in [1.82, 2.24) is 14.3 Å².